The van der Waals surface area contributed by atoms with Crippen LogP contribution in [-0.4, -0.2) is 85.0 Å². The lowest BCUT2D eigenvalue weighted by Crippen LogP contribution is -2.49. The van der Waals surface area contributed by atoms with Crippen molar-refractivity contribution in [3.63, 3.8) is 0 Å². The predicted molar refractivity (Wildman–Crippen MR) is 174 cm³/mol. The quantitative estimate of drug-likeness (QED) is 0.395. The number of nitrogens with one attached hydrogen (secondary N) is 1. The predicted octanol–water partition coefficient (Wildman–Crippen LogP) is 4.54. The van der Waals surface area contributed by atoms with Crippen LogP contribution in [-0.2, 0) is 17.8 Å². The number of hydrogen-bond donors (Lipinski definition) is 1. The first-order valence-corrected chi connectivity index (χ1v) is 15.9. The van der Waals surface area contributed by atoms with Gasteiger partial charge in [0.2, 0.25) is 5.91 Å². The van der Waals surface area contributed by atoms with Crippen LogP contribution in [0.2, 0.25) is 0 Å². The Kier molecular flexibility index (Phi) is 8.66. The van der Waals surface area contributed by atoms with E-state index in [1.54, 1.807) is 0 Å². The van der Waals surface area contributed by atoms with E-state index in [1.807, 2.05) is 11.0 Å². The van der Waals surface area contributed by atoms with Gasteiger partial charge < -0.3 is 24.9 Å². The normalized spacial score (nSPS) is 18.0. The van der Waals surface area contributed by atoms with Crippen LogP contribution in [0.15, 0.2) is 55.1 Å². The molecule has 226 valence electrons. The third-order valence-corrected chi connectivity index (χ3v) is 9.44. The molecule has 1 atom stereocenters. The molecule has 43 heavy (non-hydrogen) atoms. The van der Waals surface area contributed by atoms with Crippen LogP contribution in [0, 0.1) is 6.92 Å². The maximum absolute atomic E-state index is 13.8. The fraction of sp³-hybridized carbons (Fsp3) is 0.457. The topological polar surface area (TPSA) is 72.0 Å². The number of amides is 2. The van der Waals surface area contributed by atoms with E-state index in [0.717, 1.165) is 63.5 Å². The summed E-state index contributed by atoms with van der Waals surface area (Å²) in [5.74, 6) is -0.130. The van der Waals surface area contributed by atoms with Crippen LogP contribution in [0.5, 0.6) is 0 Å². The average Bonchev–Trinajstić information content (AvgIpc) is 3.56. The Bertz CT molecular complexity index is 1500. The van der Waals surface area contributed by atoms with Crippen molar-refractivity contribution in [2.45, 2.75) is 52.1 Å². The molecule has 0 bridgehead atoms. The van der Waals surface area contributed by atoms with E-state index in [-0.39, 0.29) is 17.9 Å². The SMILES string of the molecule is C=CC(=O)N1CCN(c2cc(C(=O)NC(CC)CN3CCCC3)nc3c2CCN(c2cccc4cccc(C)c24)C3)CC1. The van der Waals surface area contributed by atoms with Crippen molar-refractivity contribution in [1.29, 1.82) is 0 Å². The van der Waals surface area contributed by atoms with Crippen molar-refractivity contribution in [2.75, 3.05) is 62.2 Å². The molecule has 1 aromatic heterocycles. The van der Waals surface area contributed by atoms with E-state index in [2.05, 4.69) is 76.8 Å². The number of rotatable bonds is 8. The van der Waals surface area contributed by atoms with Gasteiger partial charge in [-0.25, -0.2) is 4.98 Å². The maximum Gasteiger partial charge on any atom is 0.270 e. The second-order valence-corrected chi connectivity index (χ2v) is 12.2. The van der Waals surface area contributed by atoms with Crippen LogP contribution in [0.3, 0.4) is 0 Å². The second-order valence-electron chi connectivity index (χ2n) is 12.2. The van der Waals surface area contributed by atoms with Gasteiger partial charge in [0.15, 0.2) is 0 Å². The van der Waals surface area contributed by atoms with Gasteiger partial charge in [0.05, 0.1) is 12.2 Å². The first kappa shape index (κ1) is 29.2. The molecule has 1 unspecified atom stereocenters. The Morgan fingerprint density at radius 2 is 1.72 bits per heavy atom. The van der Waals surface area contributed by atoms with E-state index in [9.17, 15) is 9.59 Å². The zero-order valence-electron chi connectivity index (χ0n) is 25.6. The Balaban J connectivity index is 1.31. The third-order valence-electron chi connectivity index (χ3n) is 9.44. The van der Waals surface area contributed by atoms with Crippen molar-refractivity contribution in [3.05, 3.63) is 77.6 Å². The average molecular weight is 581 g/mol. The molecule has 8 nitrogen and oxygen atoms in total. The van der Waals surface area contributed by atoms with E-state index in [4.69, 9.17) is 4.98 Å². The molecule has 2 amide bonds. The van der Waals surface area contributed by atoms with E-state index >= 15 is 0 Å². The highest BCUT2D eigenvalue weighted by Crippen LogP contribution is 2.35. The van der Waals surface area contributed by atoms with Gasteiger partial charge in [-0.05, 0) is 74.9 Å². The molecule has 2 saturated heterocycles. The van der Waals surface area contributed by atoms with E-state index in [0.29, 0.717) is 25.3 Å². The standard InChI is InChI=1S/C35H44N6O2/c1-4-27(23-38-15-6-7-16-38)36-35(43)29-22-32(39-18-20-40(21-19-39)33(42)5-2)28-14-17-41(24-30(28)37-29)31-13-9-12-26-11-8-10-25(3)34(26)31/h5,8-13,22,27H,2,4,6-7,14-21,23-24H2,1,3H3,(H,36,43). The Labute approximate surface area is 255 Å². The molecular formula is C35H44N6O2. The smallest absolute Gasteiger partial charge is 0.270 e. The summed E-state index contributed by atoms with van der Waals surface area (Å²) in [7, 11) is 0. The molecular weight excluding hydrogens is 536 g/mol. The zero-order valence-corrected chi connectivity index (χ0v) is 25.6. The number of aryl methyl sites for hydroxylation is 1. The molecule has 2 fully saturated rings. The molecule has 1 N–H and O–H groups in total. The van der Waals surface area contributed by atoms with Gasteiger partial charge in [0.1, 0.15) is 5.69 Å². The molecule has 0 aliphatic carbocycles. The number of piperazine rings is 1. The lowest BCUT2D eigenvalue weighted by molar-refractivity contribution is -0.126. The number of carbonyl (C=O) groups is 2. The highest BCUT2D eigenvalue weighted by atomic mass is 16.2. The highest BCUT2D eigenvalue weighted by molar-refractivity contribution is 5.97. The molecule has 6 rings (SSSR count). The minimum atomic E-state index is -0.103. The summed E-state index contributed by atoms with van der Waals surface area (Å²) >= 11 is 0. The number of aromatic nitrogens is 1. The molecule has 0 spiro atoms. The van der Waals surface area contributed by atoms with E-state index in [1.165, 1.54) is 46.5 Å². The summed E-state index contributed by atoms with van der Waals surface area (Å²) in [5.41, 5.74) is 6.23. The molecule has 4 heterocycles. The summed E-state index contributed by atoms with van der Waals surface area (Å²) in [6.07, 6.45) is 5.59. The first-order chi connectivity index (χ1) is 20.9. The van der Waals surface area contributed by atoms with Crippen LogP contribution in [0.1, 0.15) is 53.5 Å². The van der Waals surface area contributed by atoms with Gasteiger partial charge in [-0.1, -0.05) is 43.8 Å². The Morgan fingerprint density at radius 3 is 2.44 bits per heavy atom. The first-order valence-electron chi connectivity index (χ1n) is 15.9. The largest absolute Gasteiger partial charge is 0.368 e. The van der Waals surface area contributed by atoms with Gasteiger partial charge >= 0.3 is 0 Å². The molecule has 3 aliphatic rings. The highest BCUT2D eigenvalue weighted by Gasteiger charge is 2.29. The van der Waals surface area contributed by atoms with Gasteiger partial charge in [0, 0.05) is 67.6 Å². The summed E-state index contributed by atoms with van der Waals surface area (Å²) in [6, 6.07) is 15.1. The fourth-order valence-corrected chi connectivity index (χ4v) is 7.00. The number of pyridine rings is 1. The zero-order chi connectivity index (χ0) is 29.9. The van der Waals surface area contributed by atoms with Crippen LogP contribution in [0.4, 0.5) is 11.4 Å². The van der Waals surface area contributed by atoms with E-state index < -0.39 is 0 Å². The van der Waals surface area contributed by atoms with Crippen molar-refractivity contribution in [3.8, 4) is 0 Å². The number of benzene rings is 2. The molecule has 8 heteroatoms. The molecule has 3 aliphatic heterocycles. The van der Waals surface area contributed by atoms with Crippen molar-refractivity contribution in [1.82, 2.24) is 20.1 Å². The monoisotopic (exact) mass is 580 g/mol. The number of hydrogen-bond acceptors (Lipinski definition) is 6. The van der Waals surface area contributed by atoms with Crippen molar-refractivity contribution < 1.29 is 9.59 Å². The number of likely N-dealkylation sites (tertiary alicyclic amines) is 1. The molecule has 0 saturated carbocycles. The van der Waals surface area contributed by atoms with Gasteiger partial charge in [-0.15, -0.1) is 0 Å². The van der Waals surface area contributed by atoms with Gasteiger partial charge in [0.25, 0.3) is 5.91 Å². The lowest BCUT2D eigenvalue weighted by atomic mass is 9.97. The summed E-state index contributed by atoms with van der Waals surface area (Å²) in [6.45, 7) is 15.3. The van der Waals surface area contributed by atoms with Gasteiger partial charge in [-0.3, -0.25) is 9.59 Å². The van der Waals surface area contributed by atoms with Crippen LogP contribution in [0.25, 0.3) is 10.8 Å². The number of anilines is 2. The number of fused-ring (bicyclic) bond motifs is 2. The molecule has 0 radical (unpaired) electrons. The Morgan fingerprint density at radius 1 is 0.977 bits per heavy atom. The summed E-state index contributed by atoms with van der Waals surface area (Å²) in [5, 5.41) is 5.82. The van der Waals surface area contributed by atoms with Gasteiger partial charge in [-0.2, -0.15) is 0 Å². The minimum absolute atomic E-state index is 0.0268. The third kappa shape index (κ3) is 6.11. The summed E-state index contributed by atoms with van der Waals surface area (Å²) in [4.78, 5) is 40.1. The fourth-order valence-electron chi connectivity index (χ4n) is 7.00. The number of carbonyl (C=O) groups excluding carboxylic acids is 2. The number of nitrogens with zero attached hydrogens (tertiary/aromatic N) is 5. The minimum Gasteiger partial charge on any atom is -0.368 e. The molecule has 3 aromatic rings. The summed E-state index contributed by atoms with van der Waals surface area (Å²) < 4.78 is 0. The second kappa shape index (κ2) is 12.8. The Hall–Kier alpha value is -3.91. The van der Waals surface area contributed by atoms with Crippen LogP contribution >= 0.6 is 0 Å². The van der Waals surface area contributed by atoms with Crippen LogP contribution < -0.4 is 15.1 Å². The lowest BCUT2D eigenvalue weighted by Gasteiger charge is -2.39. The molecule has 2 aromatic carbocycles. The maximum atomic E-state index is 13.8. The van der Waals surface area contributed by atoms with Crippen molar-refractivity contribution >= 4 is 34.0 Å². The van der Waals surface area contributed by atoms with Crippen molar-refractivity contribution in [2.24, 2.45) is 0 Å².